The second kappa shape index (κ2) is 10.3. The number of carbonyl (C=O) groups is 2. The first-order valence-electron chi connectivity index (χ1n) is 4.69. The minimum atomic E-state index is -0.789. The molecule has 0 radical (unpaired) electrons. The molecule has 0 aliphatic rings. The van der Waals surface area contributed by atoms with Crippen LogP contribution in [0.15, 0.2) is 0 Å². The fourth-order valence-electron chi connectivity index (χ4n) is 1.04. The zero-order valence-electron chi connectivity index (χ0n) is 8.52. The Kier molecular flexibility index (Phi) is 11.7. The molecule has 0 aromatic rings. The fourth-order valence-corrected chi connectivity index (χ4v) is 1.24. The lowest BCUT2D eigenvalue weighted by Gasteiger charge is -2.05. The van der Waals surface area contributed by atoms with Gasteiger partial charge in [0.1, 0.15) is 5.78 Å². The van der Waals surface area contributed by atoms with Crippen molar-refractivity contribution in [2.75, 3.05) is 5.75 Å². The SMILES string of the molecule is Cl.NC(CS)C(=O)CCCCCC(=O)O. The van der Waals surface area contributed by atoms with Crippen LogP contribution in [0.1, 0.15) is 32.1 Å². The van der Waals surface area contributed by atoms with Crippen molar-refractivity contribution in [2.24, 2.45) is 5.73 Å². The summed E-state index contributed by atoms with van der Waals surface area (Å²) < 4.78 is 0. The topological polar surface area (TPSA) is 80.4 Å². The van der Waals surface area contributed by atoms with Crippen molar-refractivity contribution in [1.82, 2.24) is 0 Å². The van der Waals surface area contributed by atoms with Crippen molar-refractivity contribution in [3.63, 3.8) is 0 Å². The van der Waals surface area contributed by atoms with Crippen molar-refractivity contribution in [1.29, 1.82) is 0 Å². The van der Waals surface area contributed by atoms with Crippen LogP contribution in [-0.2, 0) is 9.59 Å². The number of rotatable bonds is 8. The van der Waals surface area contributed by atoms with E-state index in [9.17, 15) is 9.59 Å². The van der Waals surface area contributed by atoms with E-state index in [-0.39, 0.29) is 24.6 Å². The lowest BCUT2D eigenvalue weighted by atomic mass is 10.1. The molecule has 0 rings (SSSR count). The Hall–Kier alpha value is -0.260. The monoisotopic (exact) mass is 255 g/mol. The minimum absolute atomic E-state index is 0. The number of carboxylic acids is 1. The Bertz CT molecular complexity index is 202. The summed E-state index contributed by atoms with van der Waals surface area (Å²) in [5.41, 5.74) is 5.46. The van der Waals surface area contributed by atoms with Gasteiger partial charge in [0.2, 0.25) is 0 Å². The minimum Gasteiger partial charge on any atom is -0.481 e. The number of thiol groups is 1. The summed E-state index contributed by atoms with van der Waals surface area (Å²) >= 11 is 3.92. The first-order chi connectivity index (χ1) is 6.57. The van der Waals surface area contributed by atoms with Gasteiger partial charge in [-0.3, -0.25) is 9.59 Å². The summed E-state index contributed by atoms with van der Waals surface area (Å²) in [5.74, 6) is -0.410. The molecule has 0 heterocycles. The van der Waals surface area contributed by atoms with E-state index in [2.05, 4.69) is 12.6 Å². The normalized spacial score (nSPS) is 11.6. The predicted octanol–water partition coefficient (Wildman–Crippen LogP) is 1.27. The number of Topliss-reactive ketones (excluding diaryl/α,β-unsaturated/α-hetero) is 1. The molecule has 90 valence electrons. The average molecular weight is 256 g/mol. The molecule has 0 aliphatic heterocycles. The number of halogens is 1. The second-order valence-electron chi connectivity index (χ2n) is 3.21. The third kappa shape index (κ3) is 10.0. The van der Waals surface area contributed by atoms with Crippen LogP contribution < -0.4 is 5.73 Å². The molecule has 0 aromatic carbocycles. The Balaban J connectivity index is 0. The van der Waals surface area contributed by atoms with Crippen LogP contribution in [-0.4, -0.2) is 28.7 Å². The molecule has 6 heteroatoms. The van der Waals surface area contributed by atoms with E-state index in [0.717, 1.165) is 6.42 Å². The molecule has 0 saturated heterocycles. The van der Waals surface area contributed by atoms with Crippen molar-refractivity contribution in [3.8, 4) is 0 Å². The highest BCUT2D eigenvalue weighted by molar-refractivity contribution is 7.80. The molecule has 0 bridgehead atoms. The van der Waals surface area contributed by atoms with E-state index in [1.165, 1.54) is 0 Å². The fraction of sp³-hybridized carbons (Fsp3) is 0.778. The lowest BCUT2D eigenvalue weighted by Crippen LogP contribution is -2.31. The molecule has 0 fully saturated rings. The van der Waals surface area contributed by atoms with Crippen LogP contribution in [0.2, 0.25) is 0 Å². The van der Waals surface area contributed by atoms with Crippen molar-refractivity contribution < 1.29 is 14.7 Å². The van der Waals surface area contributed by atoms with Gasteiger partial charge in [0, 0.05) is 18.6 Å². The number of unbranched alkanes of at least 4 members (excludes halogenated alkanes) is 2. The molecule has 1 unspecified atom stereocenters. The summed E-state index contributed by atoms with van der Waals surface area (Å²) in [4.78, 5) is 21.3. The summed E-state index contributed by atoms with van der Waals surface area (Å²) in [6, 6.07) is -0.474. The van der Waals surface area contributed by atoms with Crippen LogP contribution in [0.4, 0.5) is 0 Å². The van der Waals surface area contributed by atoms with Gasteiger partial charge >= 0.3 is 5.97 Å². The zero-order valence-corrected chi connectivity index (χ0v) is 10.2. The summed E-state index contributed by atoms with van der Waals surface area (Å²) in [6.07, 6.45) is 2.71. The third-order valence-electron chi connectivity index (χ3n) is 1.92. The molecule has 0 spiro atoms. The van der Waals surface area contributed by atoms with Crippen LogP contribution in [0.5, 0.6) is 0 Å². The Morgan fingerprint density at radius 2 is 1.73 bits per heavy atom. The van der Waals surface area contributed by atoms with Crippen LogP contribution in [0.3, 0.4) is 0 Å². The Morgan fingerprint density at radius 1 is 1.20 bits per heavy atom. The Morgan fingerprint density at radius 3 is 2.20 bits per heavy atom. The highest BCUT2D eigenvalue weighted by Crippen LogP contribution is 2.05. The molecule has 0 aliphatic carbocycles. The summed E-state index contributed by atoms with van der Waals surface area (Å²) in [5, 5.41) is 8.35. The maximum atomic E-state index is 11.2. The van der Waals surface area contributed by atoms with Gasteiger partial charge in [-0.2, -0.15) is 12.6 Å². The van der Waals surface area contributed by atoms with Gasteiger partial charge in [-0.1, -0.05) is 6.42 Å². The van der Waals surface area contributed by atoms with E-state index >= 15 is 0 Å². The first kappa shape index (κ1) is 17.1. The number of ketones is 1. The molecule has 0 amide bonds. The molecule has 1 atom stereocenters. The van der Waals surface area contributed by atoms with E-state index in [0.29, 0.717) is 25.0 Å². The largest absolute Gasteiger partial charge is 0.481 e. The third-order valence-corrected chi connectivity index (χ3v) is 2.32. The van der Waals surface area contributed by atoms with E-state index in [1.807, 2.05) is 0 Å². The van der Waals surface area contributed by atoms with Gasteiger partial charge in [-0.25, -0.2) is 0 Å². The average Bonchev–Trinajstić information content (AvgIpc) is 2.15. The second-order valence-corrected chi connectivity index (χ2v) is 3.57. The maximum Gasteiger partial charge on any atom is 0.303 e. The van der Waals surface area contributed by atoms with Crippen LogP contribution in [0, 0.1) is 0 Å². The molecule has 4 nitrogen and oxygen atoms in total. The zero-order chi connectivity index (χ0) is 11.0. The number of nitrogens with two attached hydrogens (primary N) is 1. The van der Waals surface area contributed by atoms with Gasteiger partial charge in [-0.15, -0.1) is 12.4 Å². The Labute approximate surface area is 101 Å². The van der Waals surface area contributed by atoms with Crippen molar-refractivity contribution in [2.45, 2.75) is 38.1 Å². The lowest BCUT2D eigenvalue weighted by molar-refractivity contribution is -0.137. The highest BCUT2D eigenvalue weighted by Gasteiger charge is 2.10. The molecule has 3 N–H and O–H groups in total. The van der Waals surface area contributed by atoms with Gasteiger partial charge in [0.25, 0.3) is 0 Å². The van der Waals surface area contributed by atoms with Gasteiger partial charge in [-0.05, 0) is 12.8 Å². The molecule has 0 saturated carbocycles. The molecular weight excluding hydrogens is 238 g/mol. The van der Waals surface area contributed by atoms with Gasteiger partial charge in [0.15, 0.2) is 0 Å². The van der Waals surface area contributed by atoms with E-state index < -0.39 is 12.0 Å². The van der Waals surface area contributed by atoms with E-state index in [4.69, 9.17) is 10.8 Å². The van der Waals surface area contributed by atoms with Gasteiger partial charge in [0.05, 0.1) is 6.04 Å². The van der Waals surface area contributed by atoms with E-state index in [1.54, 1.807) is 0 Å². The maximum absolute atomic E-state index is 11.2. The number of carbonyl (C=O) groups excluding carboxylic acids is 1. The number of aliphatic carboxylic acids is 1. The quantitative estimate of drug-likeness (QED) is 0.451. The number of carboxylic acid groups (broad SMARTS) is 1. The molecule has 15 heavy (non-hydrogen) atoms. The van der Waals surface area contributed by atoms with Crippen LogP contribution in [0.25, 0.3) is 0 Å². The van der Waals surface area contributed by atoms with Crippen molar-refractivity contribution in [3.05, 3.63) is 0 Å². The molecular formula is C9H18ClNO3S. The standard InChI is InChI=1S/C9H17NO3S.ClH/c10-7(6-14)8(11)4-2-1-3-5-9(12)13;/h7,14H,1-6,10H2,(H,12,13);1H. The highest BCUT2D eigenvalue weighted by atomic mass is 35.5. The summed E-state index contributed by atoms with van der Waals surface area (Å²) in [6.45, 7) is 0. The summed E-state index contributed by atoms with van der Waals surface area (Å²) in [7, 11) is 0. The predicted molar refractivity (Wildman–Crippen MR) is 64.8 cm³/mol. The number of hydrogen-bond acceptors (Lipinski definition) is 4. The number of hydrogen-bond donors (Lipinski definition) is 3. The van der Waals surface area contributed by atoms with Crippen LogP contribution >= 0.6 is 25.0 Å². The first-order valence-corrected chi connectivity index (χ1v) is 5.32. The van der Waals surface area contributed by atoms with Crippen molar-refractivity contribution >= 4 is 36.8 Å². The van der Waals surface area contributed by atoms with Gasteiger partial charge < -0.3 is 10.8 Å². The molecule has 0 aromatic heterocycles. The smallest absolute Gasteiger partial charge is 0.303 e.